The van der Waals surface area contributed by atoms with Crippen LogP contribution in [-0.2, 0) is 19.6 Å². The molecule has 0 saturated carbocycles. The summed E-state index contributed by atoms with van der Waals surface area (Å²) in [5.41, 5.74) is -1.23. The molecule has 1 aromatic heterocycles. The summed E-state index contributed by atoms with van der Waals surface area (Å²) in [6, 6.07) is 13.0. The molecule has 0 bridgehead atoms. The summed E-state index contributed by atoms with van der Waals surface area (Å²) in [7, 11) is -4.00. The summed E-state index contributed by atoms with van der Waals surface area (Å²) in [5.74, 6) is -0.626. The highest BCUT2D eigenvalue weighted by molar-refractivity contribution is 7.89. The smallest absolute Gasteiger partial charge is 0.262 e. The van der Waals surface area contributed by atoms with E-state index in [1.807, 2.05) is 44.2 Å². The van der Waals surface area contributed by atoms with Gasteiger partial charge in [-0.2, -0.15) is 4.31 Å². The summed E-state index contributed by atoms with van der Waals surface area (Å²) in [4.78, 5) is 43.8. The van der Waals surface area contributed by atoms with E-state index in [1.54, 1.807) is 16.7 Å². The number of rotatable bonds is 8. The minimum absolute atomic E-state index is 0.00766. The van der Waals surface area contributed by atoms with E-state index >= 15 is 0 Å². The third-order valence-electron chi connectivity index (χ3n) is 7.66. The number of amides is 3. The molecule has 2 aromatic carbocycles. The van der Waals surface area contributed by atoms with E-state index in [-0.39, 0.29) is 66.3 Å². The monoisotopic (exact) mass is 650 g/mol. The van der Waals surface area contributed by atoms with Crippen molar-refractivity contribution in [2.24, 2.45) is 5.92 Å². The average molecular weight is 652 g/mol. The predicted octanol–water partition coefficient (Wildman–Crippen LogP) is 4.49. The molecular weight excluding hydrogens is 619 g/mol. The first kappa shape index (κ1) is 30.7. The highest BCUT2D eigenvalue weighted by atomic mass is 35.5. The van der Waals surface area contributed by atoms with Crippen LogP contribution in [0.15, 0.2) is 53.4 Å². The normalized spacial score (nSPS) is 21.4. The fourth-order valence-electron chi connectivity index (χ4n) is 5.28. The Morgan fingerprint density at radius 3 is 2.31 bits per heavy atom. The van der Waals surface area contributed by atoms with Crippen molar-refractivity contribution in [3.8, 4) is 0 Å². The van der Waals surface area contributed by atoms with E-state index < -0.39 is 21.6 Å². The number of halogens is 2. The molecule has 224 valence electrons. The lowest BCUT2D eigenvalue weighted by molar-refractivity contribution is -0.142. The van der Waals surface area contributed by atoms with E-state index in [9.17, 15) is 22.8 Å². The van der Waals surface area contributed by atoms with Crippen molar-refractivity contribution in [3.05, 3.63) is 63.5 Å². The number of sulfonamides is 1. The number of carbonyl (C=O) groups is 3. The number of thiophene rings is 1. The van der Waals surface area contributed by atoms with Gasteiger partial charge in [0.1, 0.15) is 16.5 Å². The number of carbonyl (C=O) groups excluding carboxylic acids is 3. The molecule has 42 heavy (non-hydrogen) atoms. The van der Waals surface area contributed by atoms with Crippen molar-refractivity contribution >= 4 is 72.4 Å². The molecule has 13 heteroatoms. The molecule has 0 aliphatic carbocycles. The molecule has 2 aliphatic heterocycles. The second-order valence-electron chi connectivity index (χ2n) is 11.3. The molecule has 0 radical (unpaired) electrons. The Kier molecular flexibility index (Phi) is 8.61. The Morgan fingerprint density at radius 1 is 1.00 bits per heavy atom. The van der Waals surface area contributed by atoms with E-state index in [1.165, 1.54) is 29.5 Å². The zero-order chi connectivity index (χ0) is 30.4. The first-order valence-corrected chi connectivity index (χ1v) is 16.7. The van der Waals surface area contributed by atoms with E-state index in [4.69, 9.17) is 23.2 Å². The Morgan fingerprint density at radius 2 is 1.67 bits per heavy atom. The molecule has 9 nitrogen and oxygen atoms in total. The summed E-state index contributed by atoms with van der Waals surface area (Å²) in [6.45, 7) is 6.70. The van der Waals surface area contributed by atoms with E-state index in [2.05, 4.69) is 5.32 Å². The molecular formula is C29H32Cl2N4O5S2. The van der Waals surface area contributed by atoms with Gasteiger partial charge in [-0.25, -0.2) is 8.42 Å². The van der Waals surface area contributed by atoms with Crippen LogP contribution in [0.3, 0.4) is 0 Å². The third-order valence-corrected chi connectivity index (χ3v) is 11.5. The number of hydrogen-bond donors (Lipinski definition) is 1. The van der Waals surface area contributed by atoms with Crippen LogP contribution < -0.4 is 5.32 Å². The van der Waals surface area contributed by atoms with Crippen LogP contribution in [-0.4, -0.2) is 84.5 Å². The van der Waals surface area contributed by atoms with E-state index in [0.717, 1.165) is 14.4 Å². The van der Waals surface area contributed by atoms with Crippen molar-refractivity contribution < 1.29 is 22.8 Å². The Hall–Kier alpha value is -2.70. The molecule has 0 spiro atoms. The van der Waals surface area contributed by atoms with Gasteiger partial charge in [-0.1, -0.05) is 55.2 Å². The Bertz CT molecular complexity index is 1620. The molecule has 3 atom stereocenters. The second kappa shape index (κ2) is 11.8. The molecule has 3 aromatic rings. The van der Waals surface area contributed by atoms with Gasteiger partial charge in [0.15, 0.2) is 0 Å². The molecule has 2 saturated heterocycles. The van der Waals surface area contributed by atoms with Crippen molar-refractivity contribution in [2.75, 3.05) is 32.7 Å². The highest BCUT2D eigenvalue weighted by Crippen LogP contribution is 2.42. The topological polar surface area (TPSA) is 107 Å². The molecule has 1 N–H and O–H groups in total. The number of nitrogens with one attached hydrogen (secondary N) is 1. The molecule has 5 rings (SSSR count). The number of hydrogen-bond acceptors (Lipinski definition) is 6. The summed E-state index contributed by atoms with van der Waals surface area (Å²) < 4.78 is 28.6. The summed E-state index contributed by atoms with van der Waals surface area (Å²) in [6.07, 6.45) is 0.479. The van der Waals surface area contributed by atoms with Gasteiger partial charge in [0.05, 0.1) is 9.90 Å². The predicted molar refractivity (Wildman–Crippen MR) is 164 cm³/mol. The maximum Gasteiger partial charge on any atom is 0.262 e. The van der Waals surface area contributed by atoms with Crippen molar-refractivity contribution in [2.45, 2.75) is 43.7 Å². The number of benzene rings is 2. The Labute approximate surface area is 259 Å². The van der Waals surface area contributed by atoms with Crippen molar-refractivity contribution in [3.63, 3.8) is 0 Å². The molecule has 2 unspecified atom stereocenters. The molecule has 2 fully saturated rings. The Balaban J connectivity index is 1.21. The maximum atomic E-state index is 13.6. The van der Waals surface area contributed by atoms with Crippen LogP contribution in [0.5, 0.6) is 0 Å². The standard InChI is InChI=1S/C29H32Cl2N4O5S2/c1-18(2)14-22(32-26(36)24-15-19-6-4-5-7-23(19)41-24)27(37)33-10-12-34(13-11-33)28(38)29(3)17-35(29)42(39,40)25-9-8-20(30)16-21(25)31/h4-9,15-16,18,22H,10-14,17H2,1-3H3,(H,32,36)/t22?,29-,35?/m1/s1. The summed E-state index contributed by atoms with van der Waals surface area (Å²) in [5, 5.41) is 4.23. The SMILES string of the molecule is CC(C)CC(NC(=O)c1cc2ccccc2s1)C(=O)N1CCN(C(=O)[C@@]2(C)CN2S(=O)(=O)c2ccc(Cl)cc2Cl)CC1. The molecule has 3 amide bonds. The van der Waals surface area contributed by atoms with Gasteiger partial charge in [0, 0.05) is 42.4 Å². The van der Waals surface area contributed by atoms with Gasteiger partial charge in [-0.05, 0) is 55.0 Å². The molecule has 2 aliphatic rings. The van der Waals surface area contributed by atoms with E-state index in [0.29, 0.717) is 16.3 Å². The van der Waals surface area contributed by atoms with Gasteiger partial charge < -0.3 is 15.1 Å². The fraction of sp³-hybridized carbons (Fsp3) is 0.414. The minimum atomic E-state index is -4.00. The van der Waals surface area contributed by atoms with Gasteiger partial charge >= 0.3 is 0 Å². The zero-order valence-corrected chi connectivity index (χ0v) is 26.6. The third kappa shape index (κ3) is 6.03. The number of piperazine rings is 1. The van der Waals surface area contributed by atoms with Crippen molar-refractivity contribution in [1.29, 1.82) is 0 Å². The second-order valence-corrected chi connectivity index (χ2v) is 15.0. The van der Waals surface area contributed by atoms with Crippen LogP contribution in [0.25, 0.3) is 10.1 Å². The van der Waals surface area contributed by atoms with Crippen LogP contribution in [0.2, 0.25) is 10.0 Å². The lowest BCUT2D eigenvalue weighted by Gasteiger charge is -2.37. The minimum Gasteiger partial charge on any atom is -0.340 e. The van der Waals surface area contributed by atoms with Gasteiger partial charge in [-0.15, -0.1) is 11.3 Å². The van der Waals surface area contributed by atoms with Gasteiger partial charge in [0.2, 0.25) is 21.8 Å². The van der Waals surface area contributed by atoms with Crippen LogP contribution in [0.4, 0.5) is 0 Å². The van der Waals surface area contributed by atoms with Crippen molar-refractivity contribution in [1.82, 2.24) is 19.4 Å². The zero-order valence-electron chi connectivity index (χ0n) is 23.5. The maximum absolute atomic E-state index is 13.6. The molecule has 3 heterocycles. The number of nitrogens with zero attached hydrogens (tertiary/aromatic N) is 3. The quantitative estimate of drug-likeness (QED) is 0.362. The van der Waals surface area contributed by atoms with Gasteiger partial charge in [-0.3, -0.25) is 14.4 Å². The average Bonchev–Trinajstić information content (AvgIpc) is 3.47. The van der Waals surface area contributed by atoms with Crippen LogP contribution in [0, 0.1) is 5.92 Å². The first-order valence-electron chi connectivity index (χ1n) is 13.7. The lowest BCUT2D eigenvalue weighted by atomic mass is 10.0. The largest absolute Gasteiger partial charge is 0.340 e. The number of fused-ring (bicyclic) bond motifs is 1. The van der Waals surface area contributed by atoms with Crippen LogP contribution >= 0.6 is 34.5 Å². The first-order chi connectivity index (χ1) is 19.8. The van der Waals surface area contributed by atoms with Gasteiger partial charge in [0.25, 0.3) is 5.91 Å². The fourth-order valence-corrected chi connectivity index (χ4v) is 8.76. The summed E-state index contributed by atoms with van der Waals surface area (Å²) >= 11 is 13.4. The lowest BCUT2D eigenvalue weighted by Crippen LogP contribution is -2.57. The highest BCUT2D eigenvalue weighted by Gasteiger charge is 2.62. The van der Waals surface area contributed by atoms with Crippen LogP contribution in [0.1, 0.15) is 36.9 Å².